The molecule has 3 rings (SSSR count). The fourth-order valence-corrected chi connectivity index (χ4v) is 3.73. The van der Waals surface area contributed by atoms with Gasteiger partial charge in [-0.2, -0.15) is 0 Å². The Balaban J connectivity index is 1.68. The van der Waals surface area contributed by atoms with E-state index in [0.717, 1.165) is 45.1 Å². The van der Waals surface area contributed by atoms with Gasteiger partial charge in [0, 0.05) is 38.8 Å². The Bertz CT molecular complexity index is 721. The summed E-state index contributed by atoms with van der Waals surface area (Å²) in [6, 6.07) is 19.1. The summed E-state index contributed by atoms with van der Waals surface area (Å²) in [4.78, 5) is 4.40. The normalized spacial score (nSPS) is 16.9. The summed E-state index contributed by atoms with van der Waals surface area (Å²) in [6.07, 6.45) is 2.06. The Morgan fingerprint density at radius 3 is 2.38 bits per heavy atom. The minimum absolute atomic E-state index is 0.0912. The topological polar surface area (TPSA) is 45.7 Å². The van der Waals surface area contributed by atoms with Gasteiger partial charge < -0.3 is 15.4 Å². The predicted molar refractivity (Wildman–Crippen MR) is 108 cm³/mol. The number of rotatable bonds is 5. The van der Waals surface area contributed by atoms with Gasteiger partial charge in [-0.05, 0) is 36.5 Å². The first-order chi connectivity index (χ1) is 12.7. The number of hydrogen-bond acceptors (Lipinski definition) is 2. The largest absolute Gasteiger partial charge is 0.381 e. The van der Waals surface area contributed by atoms with Gasteiger partial charge in [0.15, 0.2) is 5.96 Å². The number of hydrogen-bond donors (Lipinski definition) is 2. The molecule has 1 fully saturated rings. The summed E-state index contributed by atoms with van der Waals surface area (Å²) < 4.78 is 5.65. The van der Waals surface area contributed by atoms with Gasteiger partial charge in [-0.25, -0.2) is 0 Å². The van der Waals surface area contributed by atoms with Crippen LogP contribution < -0.4 is 10.6 Å². The smallest absolute Gasteiger partial charge is 0.191 e. The van der Waals surface area contributed by atoms with Gasteiger partial charge in [0.2, 0.25) is 0 Å². The number of guanidine groups is 1. The van der Waals surface area contributed by atoms with E-state index in [9.17, 15) is 0 Å². The molecule has 4 heteroatoms. The third-order valence-electron chi connectivity index (χ3n) is 5.29. The SMILES string of the molecule is CN=C(NCc1ccccc1)NCC1(c2ccccc2C)CCOCC1. The van der Waals surface area contributed by atoms with Gasteiger partial charge >= 0.3 is 0 Å². The minimum Gasteiger partial charge on any atom is -0.381 e. The molecule has 0 bridgehead atoms. The van der Waals surface area contributed by atoms with Crippen LogP contribution in [-0.2, 0) is 16.7 Å². The van der Waals surface area contributed by atoms with Crippen molar-refractivity contribution in [1.82, 2.24) is 10.6 Å². The Morgan fingerprint density at radius 2 is 1.69 bits per heavy atom. The summed E-state index contributed by atoms with van der Waals surface area (Å²) in [6.45, 7) is 5.45. The third kappa shape index (κ3) is 4.44. The second kappa shape index (κ2) is 8.86. The highest BCUT2D eigenvalue weighted by Crippen LogP contribution is 2.36. The quantitative estimate of drug-likeness (QED) is 0.641. The number of aliphatic imine (C=N–C) groups is 1. The zero-order valence-electron chi connectivity index (χ0n) is 15.8. The van der Waals surface area contributed by atoms with E-state index in [1.807, 2.05) is 13.1 Å². The molecule has 1 aliphatic rings. The molecule has 26 heavy (non-hydrogen) atoms. The van der Waals surface area contributed by atoms with Gasteiger partial charge in [-0.3, -0.25) is 4.99 Å². The number of nitrogens with zero attached hydrogens (tertiary/aromatic N) is 1. The van der Waals surface area contributed by atoms with Crippen molar-refractivity contribution in [2.45, 2.75) is 31.7 Å². The first kappa shape index (κ1) is 18.5. The van der Waals surface area contributed by atoms with Gasteiger partial charge in [-0.1, -0.05) is 54.6 Å². The van der Waals surface area contributed by atoms with Crippen molar-refractivity contribution in [2.24, 2.45) is 4.99 Å². The second-order valence-corrected chi connectivity index (χ2v) is 6.97. The van der Waals surface area contributed by atoms with E-state index in [1.54, 1.807) is 0 Å². The molecule has 0 atom stereocenters. The molecule has 0 aromatic heterocycles. The average molecular weight is 351 g/mol. The first-order valence-electron chi connectivity index (χ1n) is 9.36. The summed E-state index contributed by atoms with van der Waals surface area (Å²) in [5.74, 6) is 0.841. The molecule has 1 saturated heterocycles. The zero-order chi connectivity index (χ0) is 18.2. The van der Waals surface area contributed by atoms with Gasteiger partial charge in [-0.15, -0.1) is 0 Å². The maximum absolute atomic E-state index is 5.65. The van der Waals surface area contributed by atoms with Crippen molar-refractivity contribution >= 4 is 5.96 Å². The summed E-state index contributed by atoms with van der Waals surface area (Å²) in [7, 11) is 1.82. The van der Waals surface area contributed by atoms with E-state index >= 15 is 0 Å². The molecular weight excluding hydrogens is 322 g/mol. The van der Waals surface area contributed by atoms with Crippen LogP contribution in [0.1, 0.15) is 29.5 Å². The predicted octanol–water partition coefficient (Wildman–Crippen LogP) is 3.41. The molecule has 2 N–H and O–H groups in total. The lowest BCUT2D eigenvalue weighted by Crippen LogP contribution is -2.48. The second-order valence-electron chi connectivity index (χ2n) is 6.97. The maximum atomic E-state index is 5.65. The van der Waals surface area contributed by atoms with Crippen molar-refractivity contribution in [3.63, 3.8) is 0 Å². The van der Waals surface area contributed by atoms with Crippen LogP contribution in [0.25, 0.3) is 0 Å². The molecular formula is C22H29N3O. The van der Waals surface area contributed by atoms with E-state index < -0.39 is 0 Å². The molecule has 2 aromatic carbocycles. The molecule has 0 spiro atoms. The van der Waals surface area contributed by atoms with E-state index in [2.05, 4.69) is 71.1 Å². The van der Waals surface area contributed by atoms with Gasteiger partial charge in [0.1, 0.15) is 0 Å². The lowest BCUT2D eigenvalue weighted by Gasteiger charge is -2.39. The van der Waals surface area contributed by atoms with E-state index in [-0.39, 0.29) is 5.41 Å². The van der Waals surface area contributed by atoms with Crippen LogP contribution in [0.5, 0.6) is 0 Å². The minimum atomic E-state index is 0.0912. The number of aryl methyl sites for hydroxylation is 1. The first-order valence-corrected chi connectivity index (χ1v) is 9.36. The van der Waals surface area contributed by atoms with Crippen LogP contribution in [0.4, 0.5) is 0 Å². The van der Waals surface area contributed by atoms with Crippen molar-refractivity contribution in [3.05, 3.63) is 71.3 Å². The molecule has 0 amide bonds. The van der Waals surface area contributed by atoms with Crippen LogP contribution in [-0.4, -0.2) is 32.8 Å². The molecule has 2 aromatic rings. The average Bonchev–Trinajstić information content (AvgIpc) is 2.70. The molecule has 1 heterocycles. The molecule has 138 valence electrons. The summed E-state index contributed by atoms with van der Waals surface area (Å²) in [5.41, 5.74) is 4.11. The fraction of sp³-hybridized carbons (Fsp3) is 0.409. The van der Waals surface area contributed by atoms with Crippen molar-refractivity contribution in [1.29, 1.82) is 0 Å². The van der Waals surface area contributed by atoms with Crippen LogP contribution in [0.3, 0.4) is 0 Å². The monoisotopic (exact) mass is 351 g/mol. The standard InChI is InChI=1S/C22H29N3O/c1-18-8-6-7-11-20(18)22(12-14-26-15-13-22)17-25-21(23-2)24-16-19-9-4-3-5-10-19/h3-11H,12-17H2,1-2H3,(H2,23,24,25). The van der Waals surface area contributed by atoms with E-state index in [4.69, 9.17) is 4.74 Å². The summed E-state index contributed by atoms with van der Waals surface area (Å²) >= 11 is 0. The van der Waals surface area contributed by atoms with Gasteiger partial charge in [0.05, 0.1) is 0 Å². The van der Waals surface area contributed by atoms with E-state index in [1.165, 1.54) is 16.7 Å². The third-order valence-corrected chi connectivity index (χ3v) is 5.29. The molecule has 0 aliphatic carbocycles. The Labute approximate surface area is 156 Å². The highest BCUT2D eigenvalue weighted by molar-refractivity contribution is 5.79. The molecule has 0 radical (unpaired) electrons. The number of ether oxygens (including phenoxy) is 1. The van der Waals surface area contributed by atoms with Crippen LogP contribution in [0.15, 0.2) is 59.6 Å². The lowest BCUT2D eigenvalue weighted by atomic mass is 9.72. The van der Waals surface area contributed by atoms with Gasteiger partial charge in [0.25, 0.3) is 0 Å². The number of benzene rings is 2. The number of nitrogens with one attached hydrogen (secondary N) is 2. The van der Waals surface area contributed by atoms with Crippen molar-refractivity contribution in [2.75, 3.05) is 26.8 Å². The zero-order valence-corrected chi connectivity index (χ0v) is 15.8. The van der Waals surface area contributed by atoms with Crippen molar-refractivity contribution < 1.29 is 4.74 Å². The molecule has 0 saturated carbocycles. The maximum Gasteiger partial charge on any atom is 0.191 e. The van der Waals surface area contributed by atoms with E-state index in [0.29, 0.717) is 0 Å². The van der Waals surface area contributed by atoms with Crippen molar-refractivity contribution in [3.8, 4) is 0 Å². The van der Waals surface area contributed by atoms with Crippen LogP contribution in [0.2, 0.25) is 0 Å². The Kier molecular flexibility index (Phi) is 6.29. The molecule has 0 unspecified atom stereocenters. The highest BCUT2D eigenvalue weighted by atomic mass is 16.5. The Hall–Kier alpha value is -2.33. The molecule has 4 nitrogen and oxygen atoms in total. The highest BCUT2D eigenvalue weighted by Gasteiger charge is 2.35. The molecule has 1 aliphatic heterocycles. The Morgan fingerprint density at radius 1 is 1.00 bits per heavy atom. The lowest BCUT2D eigenvalue weighted by molar-refractivity contribution is 0.0512. The van der Waals surface area contributed by atoms with Crippen LogP contribution >= 0.6 is 0 Å². The fourth-order valence-electron chi connectivity index (χ4n) is 3.73. The summed E-state index contributed by atoms with van der Waals surface area (Å²) in [5, 5.41) is 6.98. The van der Waals surface area contributed by atoms with Crippen LogP contribution in [0, 0.1) is 6.92 Å².